The lowest BCUT2D eigenvalue weighted by molar-refractivity contribution is -0.351. The number of rotatable bonds is 9. The van der Waals surface area contributed by atoms with Gasteiger partial charge in [0.1, 0.15) is 12.2 Å². The summed E-state index contributed by atoms with van der Waals surface area (Å²) >= 11 is 6.20. The number of carbonyl (C=O) groups excluding carboxylic acids is 2. The van der Waals surface area contributed by atoms with Gasteiger partial charge in [-0.15, -0.1) is 10.2 Å². The smallest absolute Gasteiger partial charge is 0.346 e. The molecule has 0 aliphatic rings. The van der Waals surface area contributed by atoms with E-state index in [1.807, 2.05) is 5.32 Å². The molecule has 0 aliphatic heterocycles. The normalized spacial score (nSPS) is 12.2. The lowest BCUT2D eigenvalue weighted by Crippen LogP contribution is -2.51. The number of hydrogen-bond donors (Lipinski definition) is 2. The largest absolute Gasteiger partial charge is 0.439 e. The molecule has 0 atom stereocenters. The van der Waals surface area contributed by atoms with Crippen molar-refractivity contribution >= 4 is 29.1 Å². The molecule has 3 heterocycles. The summed E-state index contributed by atoms with van der Waals surface area (Å²) in [6.45, 7) is -0.517. The number of anilines is 1. The molecule has 1 aromatic carbocycles. The molecule has 0 bridgehead atoms. The van der Waals surface area contributed by atoms with Gasteiger partial charge in [-0.2, -0.15) is 41.5 Å². The van der Waals surface area contributed by atoms with Gasteiger partial charge in [0.25, 0.3) is 18.2 Å². The van der Waals surface area contributed by atoms with E-state index in [0.717, 1.165) is 16.8 Å². The molecule has 2 amide bonds. The predicted octanol–water partition coefficient (Wildman–Crippen LogP) is 4.67. The molecule has 22 heteroatoms. The van der Waals surface area contributed by atoms with E-state index in [1.165, 1.54) is 31.3 Å². The minimum atomic E-state index is -6.50. The Hall–Kier alpha value is -5.26. The molecule has 0 unspecified atom stereocenters. The van der Waals surface area contributed by atoms with Gasteiger partial charge in [0, 0.05) is 6.20 Å². The molecule has 3 aromatic heterocycles. The molecule has 0 saturated heterocycles. The fraction of sp³-hybridized carbons (Fsp3) is 0.280. The molecule has 4 aromatic rings. The van der Waals surface area contributed by atoms with Crippen molar-refractivity contribution in [3.8, 4) is 11.9 Å². The Morgan fingerprint density at radius 2 is 1.72 bits per heavy atom. The number of carbonyl (C=O) groups is 2. The van der Waals surface area contributed by atoms with Crippen LogP contribution in [0.25, 0.3) is 5.82 Å². The molecule has 0 radical (unpaired) electrons. The Kier molecular flexibility index (Phi) is 9.47. The molecule has 0 saturated carbocycles. The topological polar surface area (TPSA) is 156 Å². The van der Waals surface area contributed by atoms with Gasteiger partial charge in [0.2, 0.25) is 5.82 Å². The third kappa shape index (κ3) is 6.96. The number of alkyl halides is 9. The number of nitriles is 1. The van der Waals surface area contributed by atoms with Crippen molar-refractivity contribution in [3.05, 3.63) is 75.5 Å². The summed E-state index contributed by atoms with van der Waals surface area (Å²) in [5.74, 6) is -4.68. The summed E-state index contributed by atoms with van der Waals surface area (Å²) in [6.07, 6.45) is -14.7. The summed E-state index contributed by atoms with van der Waals surface area (Å²) < 4.78 is 119. The first-order valence-corrected chi connectivity index (χ1v) is 13.0. The first-order chi connectivity index (χ1) is 21.9. The fourth-order valence-corrected chi connectivity index (χ4v) is 4.21. The van der Waals surface area contributed by atoms with Crippen LogP contribution in [0.2, 0.25) is 5.02 Å². The Morgan fingerprint density at radius 3 is 2.32 bits per heavy atom. The average molecular weight is 695 g/mol. The Bertz CT molecular complexity index is 1850. The number of tetrazole rings is 1. The van der Waals surface area contributed by atoms with Crippen molar-refractivity contribution in [1.82, 2.24) is 40.3 Å². The minimum absolute atomic E-state index is 0.0525. The number of nitrogens with one attached hydrogen (secondary N) is 2. The molecule has 4 rings (SSSR count). The van der Waals surface area contributed by atoms with Crippen LogP contribution in [-0.4, -0.2) is 72.1 Å². The number of amides is 2. The predicted molar refractivity (Wildman–Crippen MR) is 140 cm³/mol. The molecule has 0 spiro atoms. The highest BCUT2D eigenvalue weighted by Crippen LogP contribution is 2.51. The van der Waals surface area contributed by atoms with Crippen LogP contribution in [0.5, 0.6) is 0 Å². The van der Waals surface area contributed by atoms with E-state index >= 15 is 0 Å². The molecule has 0 aliphatic carbocycles. The van der Waals surface area contributed by atoms with Crippen LogP contribution in [0, 0.1) is 18.3 Å². The van der Waals surface area contributed by atoms with Crippen LogP contribution < -0.4 is 10.6 Å². The second kappa shape index (κ2) is 12.9. The fourth-order valence-electron chi connectivity index (χ4n) is 4.01. The Morgan fingerprint density at radius 1 is 1.04 bits per heavy atom. The third-order valence-electron chi connectivity index (χ3n) is 6.14. The van der Waals surface area contributed by atoms with E-state index in [2.05, 4.69) is 30.8 Å². The Labute approximate surface area is 261 Å². The van der Waals surface area contributed by atoms with Gasteiger partial charge in [-0.05, 0) is 48.0 Å². The van der Waals surface area contributed by atoms with Crippen molar-refractivity contribution in [2.75, 3.05) is 11.9 Å². The van der Waals surface area contributed by atoms with E-state index in [0.29, 0.717) is 0 Å². The van der Waals surface area contributed by atoms with Crippen LogP contribution in [-0.2, 0) is 12.2 Å². The first-order valence-electron chi connectivity index (χ1n) is 12.6. The molecular weight excluding hydrogens is 679 g/mol. The van der Waals surface area contributed by atoms with Gasteiger partial charge >= 0.3 is 18.0 Å². The number of aromatic nitrogens is 7. The van der Waals surface area contributed by atoms with Gasteiger partial charge < -0.3 is 10.6 Å². The summed E-state index contributed by atoms with van der Waals surface area (Å²) in [7, 11) is 0. The maximum Gasteiger partial charge on any atom is 0.439 e. The van der Waals surface area contributed by atoms with Gasteiger partial charge in [-0.1, -0.05) is 11.6 Å². The van der Waals surface area contributed by atoms with E-state index in [1.54, 1.807) is 6.07 Å². The quantitative estimate of drug-likeness (QED) is 0.240. The highest BCUT2D eigenvalue weighted by Gasteiger charge is 2.76. The molecule has 248 valence electrons. The zero-order valence-electron chi connectivity index (χ0n) is 23.1. The van der Waals surface area contributed by atoms with Crippen molar-refractivity contribution < 1.29 is 49.1 Å². The van der Waals surface area contributed by atoms with Gasteiger partial charge in [0.05, 0.1) is 40.1 Å². The Balaban J connectivity index is 1.75. The van der Waals surface area contributed by atoms with Crippen LogP contribution in [0.1, 0.15) is 43.5 Å². The number of benzene rings is 1. The molecule has 47 heavy (non-hydrogen) atoms. The van der Waals surface area contributed by atoms with Gasteiger partial charge in [0.15, 0.2) is 5.82 Å². The van der Waals surface area contributed by atoms with E-state index < -0.39 is 60.9 Å². The standard InChI is InChI=1S/C25H16ClF9N10O2/c1-11-5-12(8-36)6-14(20(46)38-9-17(27)28)18(11)39-21(47)16-7-13(41-45(16)19-15(26)3-2-4-37-19)10-44-42-22(40-43-44)23(29,24(30,31)32)25(33,34)35/h2-7,17H,9-10H2,1H3,(H,38,46)(H,39,47). The van der Waals surface area contributed by atoms with Crippen molar-refractivity contribution in [2.45, 2.75) is 37.9 Å². The average Bonchev–Trinajstić information content (AvgIpc) is 3.63. The van der Waals surface area contributed by atoms with E-state index in [-0.39, 0.29) is 43.7 Å². The number of aryl methyl sites for hydroxylation is 1. The molecular formula is C25H16ClF9N10O2. The minimum Gasteiger partial charge on any atom is -0.346 e. The number of nitrogens with zero attached hydrogens (tertiary/aromatic N) is 8. The molecule has 2 N–H and O–H groups in total. The van der Waals surface area contributed by atoms with Crippen molar-refractivity contribution in [2.24, 2.45) is 0 Å². The zero-order chi connectivity index (χ0) is 34.9. The van der Waals surface area contributed by atoms with Crippen LogP contribution >= 0.6 is 11.6 Å². The summed E-state index contributed by atoms with van der Waals surface area (Å²) in [6, 6.07) is 7.80. The summed E-state index contributed by atoms with van der Waals surface area (Å²) in [5.41, 5.74) is -7.20. The van der Waals surface area contributed by atoms with E-state index in [9.17, 15) is 54.4 Å². The van der Waals surface area contributed by atoms with Gasteiger partial charge in [-0.25, -0.2) is 22.8 Å². The first kappa shape index (κ1) is 34.6. The zero-order valence-corrected chi connectivity index (χ0v) is 23.9. The lowest BCUT2D eigenvalue weighted by Gasteiger charge is -2.26. The maximum atomic E-state index is 14.4. The SMILES string of the molecule is Cc1cc(C#N)cc(C(=O)NCC(F)F)c1NC(=O)c1cc(Cn2nnc(C(F)(C(F)(F)F)C(F)(F)F)n2)nn1-c1ncccc1Cl. The maximum absolute atomic E-state index is 14.4. The highest BCUT2D eigenvalue weighted by atomic mass is 35.5. The number of pyridine rings is 1. The number of halogens is 10. The second-order valence-corrected chi connectivity index (χ2v) is 9.83. The van der Waals surface area contributed by atoms with E-state index in [4.69, 9.17) is 11.6 Å². The van der Waals surface area contributed by atoms with Crippen molar-refractivity contribution in [3.63, 3.8) is 0 Å². The highest BCUT2D eigenvalue weighted by molar-refractivity contribution is 6.32. The van der Waals surface area contributed by atoms with Crippen LogP contribution in [0.15, 0.2) is 36.5 Å². The van der Waals surface area contributed by atoms with Gasteiger partial charge in [-0.3, -0.25) is 9.59 Å². The number of hydrogen-bond acceptors (Lipinski definition) is 8. The third-order valence-corrected chi connectivity index (χ3v) is 6.44. The van der Waals surface area contributed by atoms with Crippen LogP contribution in [0.4, 0.5) is 45.2 Å². The summed E-state index contributed by atoms with van der Waals surface area (Å²) in [4.78, 5) is 30.4. The monoisotopic (exact) mass is 694 g/mol. The molecule has 0 fully saturated rings. The molecule has 12 nitrogen and oxygen atoms in total. The lowest BCUT2D eigenvalue weighted by atomic mass is 10.0. The van der Waals surface area contributed by atoms with Crippen molar-refractivity contribution in [1.29, 1.82) is 5.26 Å². The summed E-state index contributed by atoms with van der Waals surface area (Å²) in [5, 5.41) is 26.2. The second-order valence-electron chi connectivity index (χ2n) is 9.42. The van der Waals surface area contributed by atoms with Crippen LogP contribution in [0.3, 0.4) is 0 Å².